The van der Waals surface area contributed by atoms with E-state index in [4.69, 9.17) is 28.9 Å². The number of benzene rings is 1. The molecule has 1 heterocycles. The number of amides is 1. The molecule has 0 saturated carbocycles. The molecule has 2 rings (SSSR count). The molecule has 1 aromatic carbocycles. The summed E-state index contributed by atoms with van der Waals surface area (Å²) in [5, 5.41) is 0.781. The molecule has 0 aromatic heterocycles. The molecule has 1 aliphatic rings. The lowest BCUT2D eigenvalue weighted by molar-refractivity contribution is 0.0709. The third-order valence-electron chi connectivity index (χ3n) is 2.92. The maximum Gasteiger partial charge on any atom is 0.256 e. The van der Waals surface area contributed by atoms with Crippen molar-refractivity contribution in [3.63, 3.8) is 0 Å². The van der Waals surface area contributed by atoms with Crippen LogP contribution in [0.4, 0.5) is 0 Å². The number of carbonyl (C=O) groups is 1. The Morgan fingerprint density at radius 2 is 2.00 bits per heavy atom. The average Bonchev–Trinajstić information content (AvgIpc) is 2.28. The minimum Gasteiger partial charge on any atom is -0.337 e. The van der Waals surface area contributed by atoms with Crippen LogP contribution < -0.4 is 5.73 Å². The monoisotopic (exact) mass is 272 g/mol. The Morgan fingerprint density at radius 1 is 1.35 bits per heavy atom. The van der Waals surface area contributed by atoms with Gasteiger partial charge in [0, 0.05) is 19.1 Å². The van der Waals surface area contributed by atoms with E-state index >= 15 is 0 Å². The van der Waals surface area contributed by atoms with Gasteiger partial charge in [0.25, 0.3) is 5.91 Å². The Labute approximate surface area is 110 Å². The van der Waals surface area contributed by atoms with Gasteiger partial charge in [0.1, 0.15) is 0 Å². The minimum absolute atomic E-state index is 0.0500. The van der Waals surface area contributed by atoms with Crippen molar-refractivity contribution in [1.29, 1.82) is 0 Å². The Kier molecular flexibility index (Phi) is 3.92. The maximum atomic E-state index is 12.3. The number of likely N-dealkylation sites (tertiary alicyclic amines) is 1. The Morgan fingerprint density at radius 3 is 2.59 bits per heavy atom. The molecule has 1 fully saturated rings. The van der Waals surface area contributed by atoms with Crippen molar-refractivity contribution in [2.45, 2.75) is 18.9 Å². The van der Waals surface area contributed by atoms with Gasteiger partial charge in [0.15, 0.2) is 0 Å². The molecule has 1 aromatic rings. The van der Waals surface area contributed by atoms with Crippen molar-refractivity contribution in [3.05, 3.63) is 33.8 Å². The number of carbonyl (C=O) groups excluding carboxylic acids is 1. The zero-order valence-electron chi connectivity index (χ0n) is 9.33. The average molecular weight is 273 g/mol. The first-order valence-electron chi connectivity index (χ1n) is 5.58. The SMILES string of the molecule is N[C@@H]1CCCN(C(=O)c2c(Cl)cccc2Cl)C1. The zero-order chi connectivity index (χ0) is 12.4. The maximum absolute atomic E-state index is 12.3. The number of rotatable bonds is 1. The molecule has 0 spiro atoms. The van der Waals surface area contributed by atoms with Gasteiger partial charge in [-0.05, 0) is 25.0 Å². The summed E-state index contributed by atoms with van der Waals surface area (Å²) in [5.74, 6) is -0.129. The van der Waals surface area contributed by atoms with Gasteiger partial charge in [-0.1, -0.05) is 29.3 Å². The summed E-state index contributed by atoms with van der Waals surface area (Å²) in [5.41, 5.74) is 6.24. The van der Waals surface area contributed by atoms with Crippen LogP contribution in [0, 0.1) is 0 Å². The summed E-state index contributed by atoms with van der Waals surface area (Å²) in [6.07, 6.45) is 1.88. The summed E-state index contributed by atoms with van der Waals surface area (Å²) < 4.78 is 0. The molecule has 0 bridgehead atoms. The van der Waals surface area contributed by atoms with Gasteiger partial charge >= 0.3 is 0 Å². The minimum atomic E-state index is -0.129. The molecule has 2 N–H and O–H groups in total. The first-order valence-corrected chi connectivity index (χ1v) is 6.34. The predicted molar refractivity (Wildman–Crippen MR) is 69.6 cm³/mol. The fourth-order valence-electron chi connectivity index (χ4n) is 2.05. The lowest BCUT2D eigenvalue weighted by atomic mass is 10.1. The molecule has 1 amide bonds. The Balaban J connectivity index is 2.24. The first-order chi connectivity index (χ1) is 8.09. The second-order valence-electron chi connectivity index (χ2n) is 4.25. The van der Waals surface area contributed by atoms with Crippen LogP contribution >= 0.6 is 23.2 Å². The lowest BCUT2D eigenvalue weighted by Crippen LogP contribution is -2.45. The summed E-state index contributed by atoms with van der Waals surface area (Å²) in [6, 6.07) is 5.12. The first kappa shape index (κ1) is 12.7. The second-order valence-corrected chi connectivity index (χ2v) is 5.06. The van der Waals surface area contributed by atoms with Crippen LogP contribution in [0.2, 0.25) is 10.0 Å². The number of halogens is 2. The predicted octanol–water partition coefficient (Wildman–Crippen LogP) is 2.56. The van der Waals surface area contributed by atoms with Crippen LogP contribution in [0.5, 0.6) is 0 Å². The fraction of sp³-hybridized carbons (Fsp3) is 0.417. The lowest BCUT2D eigenvalue weighted by Gasteiger charge is -2.31. The highest BCUT2D eigenvalue weighted by Gasteiger charge is 2.25. The molecule has 0 unspecified atom stereocenters. The smallest absolute Gasteiger partial charge is 0.256 e. The van der Waals surface area contributed by atoms with E-state index in [1.54, 1.807) is 23.1 Å². The van der Waals surface area contributed by atoms with E-state index in [0.717, 1.165) is 12.8 Å². The molecule has 3 nitrogen and oxygen atoms in total. The van der Waals surface area contributed by atoms with E-state index in [9.17, 15) is 4.79 Å². The molecule has 5 heteroatoms. The third kappa shape index (κ3) is 2.73. The Hall–Kier alpha value is -0.770. The molecule has 17 heavy (non-hydrogen) atoms. The summed E-state index contributed by atoms with van der Waals surface area (Å²) >= 11 is 12.0. The number of hydrogen-bond acceptors (Lipinski definition) is 2. The van der Waals surface area contributed by atoms with Crippen molar-refractivity contribution in [2.75, 3.05) is 13.1 Å². The van der Waals surface area contributed by atoms with Crippen LogP contribution in [0.25, 0.3) is 0 Å². The van der Waals surface area contributed by atoms with Crippen LogP contribution in [0.15, 0.2) is 18.2 Å². The summed E-state index contributed by atoms with van der Waals surface area (Å²) in [4.78, 5) is 14.0. The van der Waals surface area contributed by atoms with Crippen LogP contribution in [-0.2, 0) is 0 Å². The highest BCUT2D eigenvalue weighted by molar-refractivity contribution is 6.39. The third-order valence-corrected chi connectivity index (χ3v) is 3.55. The van der Waals surface area contributed by atoms with Crippen molar-refractivity contribution < 1.29 is 4.79 Å². The zero-order valence-corrected chi connectivity index (χ0v) is 10.8. The van der Waals surface area contributed by atoms with Gasteiger partial charge in [-0.15, -0.1) is 0 Å². The quantitative estimate of drug-likeness (QED) is 0.854. The highest BCUT2D eigenvalue weighted by atomic mass is 35.5. The van der Waals surface area contributed by atoms with Crippen molar-refractivity contribution >= 4 is 29.1 Å². The van der Waals surface area contributed by atoms with Gasteiger partial charge in [0.2, 0.25) is 0 Å². The number of nitrogens with two attached hydrogens (primary N) is 1. The van der Waals surface area contributed by atoms with Crippen LogP contribution in [0.3, 0.4) is 0 Å². The molecule has 1 saturated heterocycles. The van der Waals surface area contributed by atoms with Gasteiger partial charge in [-0.25, -0.2) is 0 Å². The topological polar surface area (TPSA) is 46.3 Å². The van der Waals surface area contributed by atoms with E-state index in [0.29, 0.717) is 28.7 Å². The summed E-state index contributed by atoms with van der Waals surface area (Å²) in [7, 11) is 0. The number of nitrogens with zero attached hydrogens (tertiary/aromatic N) is 1. The molecule has 1 aliphatic heterocycles. The standard InChI is InChI=1S/C12H14Cl2N2O/c13-9-4-1-5-10(14)11(9)12(17)16-6-2-3-8(15)7-16/h1,4-5,8H,2-3,6-7,15H2/t8-/m1/s1. The van der Waals surface area contributed by atoms with Crippen molar-refractivity contribution in [2.24, 2.45) is 5.73 Å². The number of hydrogen-bond donors (Lipinski definition) is 1. The van der Waals surface area contributed by atoms with Gasteiger partial charge < -0.3 is 10.6 Å². The van der Waals surface area contributed by atoms with E-state index < -0.39 is 0 Å². The number of piperidine rings is 1. The van der Waals surface area contributed by atoms with E-state index in [1.807, 2.05) is 0 Å². The molecular formula is C12H14Cl2N2O. The molecule has 0 radical (unpaired) electrons. The van der Waals surface area contributed by atoms with Crippen LogP contribution in [-0.4, -0.2) is 29.9 Å². The molecule has 1 atom stereocenters. The van der Waals surface area contributed by atoms with Crippen molar-refractivity contribution in [1.82, 2.24) is 4.90 Å². The van der Waals surface area contributed by atoms with E-state index in [1.165, 1.54) is 0 Å². The summed E-state index contributed by atoms with van der Waals surface area (Å²) in [6.45, 7) is 1.29. The Bertz CT molecular complexity index is 416. The highest BCUT2D eigenvalue weighted by Crippen LogP contribution is 2.26. The van der Waals surface area contributed by atoms with Gasteiger partial charge in [0.05, 0.1) is 15.6 Å². The van der Waals surface area contributed by atoms with E-state index in [2.05, 4.69) is 0 Å². The molecule has 0 aliphatic carbocycles. The van der Waals surface area contributed by atoms with Crippen LogP contribution in [0.1, 0.15) is 23.2 Å². The van der Waals surface area contributed by atoms with Crippen molar-refractivity contribution in [3.8, 4) is 0 Å². The normalized spacial score (nSPS) is 20.4. The van der Waals surface area contributed by atoms with Gasteiger partial charge in [-0.3, -0.25) is 4.79 Å². The fourth-order valence-corrected chi connectivity index (χ4v) is 2.61. The second kappa shape index (κ2) is 5.25. The van der Waals surface area contributed by atoms with Gasteiger partial charge in [-0.2, -0.15) is 0 Å². The molecular weight excluding hydrogens is 259 g/mol. The van der Waals surface area contributed by atoms with E-state index in [-0.39, 0.29) is 11.9 Å². The largest absolute Gasteiger partial charge is 0.337 e. The molecule has 92 valence electrons.